The van der Waals surface area contributed by atoms with Crippen LogP contribution in [0.1, 0.15) is 10.4 Å². The average molecular weight is 420 g/mol. The zero-order chi connectivity index (χ0) is 19.5. The third-order valence-corrected chi connectivity index (χ3v) is 4.85. The Labute approximate surface area is 158 Å². The quantitative estimate of drug-likeness (QED) is 0.750. The minimum atomic E-state index is -3.54. The SMILES string of the molecule is CS(=O)(=O)c1ccc(Cl)c(C(=O)OCC(=O)Nc2ccc(F)c(Cl)c2)c1. The van der Waals surface area contributed by atoms with Crippen LogP contribution in [0.5, 0.6) is 0 Å². The van der Waals surface area contributed by atoms with E-state index in [-0.39, 0.29) is 26.2 Å². The normalized spacial score (nSPS) is 11.1. The standard InChI is InChI=1S/C16H12Cl2FNO5S/c1-26(23,24)10-3-4-12(17)11(7-10)16(22)25-8-15(21)20-9-2-5-14(19)13(18)6-9/h2-7H,8H2,1H3,(H,20,21). The monoisotopic (exact) mass is 419 g/mol. The highest BCUT2D eigenvalue weighted by atomic mass is 35.5. The highest BCUT2D eigenvalue weighted by Crippen LogP contribution is 2.22. The number of carbonyl (C=O) groups excluding carboxylic acids is 2. The second-order valence-corrected chi connectivity index (χ2v) is 8.00. The molecule has 0 saturated heterocycles. The number of esters is 1. The smallest absolute Gasteiger partial charge is 0.340 e. The van der Waals surface area contributed by atoms with Crippen LogP contribution >= 0.6 is 23.2 Å². The van der Waals surface area contributed by atoms with Crippen LogP contribution in [0.25, 0.3) is 0 Å². The van der Waals surface area contributed by atoms with Crippen LogP contribution in [-0.2, 0) is 19.4 Å². The summed E-state index contributed by atoms with van der Waals surface area (Å²) in [6, 6.07) is 7.11. The van der Waals surface area contributed by atoms with Crippen LogP contribution < -0.4 is 5.32 Å². The summed E-state index contributed by atoms with van der Waals surface area (Å²) in [5.41, 5.74) is 0.0294. The lowest BCUT2D eigenvalue weighted by Gasteiger charge is -2.09. The molecule has 1 N–H and O–H groups in total. The van der Waals surface area contributed by atoms with Crippen molar-refractivity contribution < 1.29 is 27.1 Å². The van der Waals surface area contributed by atoms with E-state index in [0.29, 0.717) is 0 Å². The molecule has 6 nitrogen and oxygen atoms in total. The number of hydrogen-bond donors (Lipinski definition) is 1. The van der Waals surface area contributed by atoms with E-state index in [4.69, 9.17) is 27.9 Å². The maximum Gasteiger partial charge on any atom is 0.340 e. The molecule has 0 radical (unpaired) electrons. The topological polar surface area (TPSA) is 89.5 Å². The summed E-state index contributed by atoms with van der Waals surface area (Å²) in [4.78, 5) is 23.7. The van der Waals surface area contributed by atoms with Gasteiger partial charge in [0.25, 0.3) is 5.91 Å². The van der Waals surface area contributed by atoms with Crippen LogP contribution in [0.2, 0.25) is 10.0 Å². The summed E-state index contributed by atoms with van der Waals surface area (Å²) in [7, 11) is -3.54. The Morgan fingerprint density at radius 1 is 1.12 bits per heavy atom. The molecule has 2 aromatic rings. The van der Waals surface area contributed by atoms with E-state index in [1.807, 2.05) is 0 Å². The van der Waals surface area contributed by atoms with Gasteiger partial charge < -0.3 is 10.1 Å². The molecule has 0 aliphatic carbocycles. The molecule has 0 aliphatic rings. The van der Waals surface area contributed by atoms with Crippen molar-refractivity contribution in [3.8, 4) is 0 Å². The molecule has 0 heterocycles. The Morgan fingerprint density at radius 2 is 1.81 bits per heavy atom. The number of hydrogen-bond acceptors (Lipinski definition) is 5. The second kappa shape index (κ2) is 8.03. The summed E-state index contributed by atoms with van der Waals surface area (Å²) in [6.07, 6.45) is 0.979. The first-order chi connectivity index (χ1) is 12.1. The third-order valence-electron chi connectivity index (χ3n) is 3.12. The fraction of sp³-hybridized carbons (Fsp3) is 0.125. The zero-order valence-corrected chi connectivity index (χ0v) is 15.6. The lowest BCUT2D eigenvalue weighted by atomic mass is 10.2. The summed E-state index contributed by atoms with van der Waals surface area (Å²) in [5, 5.41) is 2.17. The average Bonchev–Trinajstić information content (AvgIpc) is 2.55. The van der Waals surface area contributed by atoms with E-state index in [0.717, 1.165) is 18.4 Å². The van der Waals surface area contributed by atoms with Gasteiger partial charge in [-0.2, -0.15) is 0 Å². The molecule has 0 spiro atoms. The molecular formula is C16H12Cl2FNO5S. The van der Waals surface area contributed by atoms with Crippen molar-refractivity contribution >= 4 is 50.6 Å². The molecule has 0 fully saturated rings. The van der Waals surface area contributed by atoms with Crippen molar-refractivity contribution in [1.82, 2.24) is 0 Å². The Morgan fingerprint density at radius 3 is 2.42 bits per heavy atom. The van der Waals surface area contributed by atoms with E-state index in [2.05, 4.69) is 5.32 Å². The van der Waals surface area contributed by atoms with E-state index in [1.54, 1.807) is 0 Å². The first-order valence-corrected chi connectivity index (χ1v) is 9.64. The van der Waals surface area contributed by atoms with Gasteiger partial charge in [0.1, 0.15) is 5.82 Å². The summed E-state index contributed by atoms with van der Waals surface area (Å²) >= 11 is 11.5. The molecule has 0 bridgehead atoms. The highest BCUT2D eigenvalue weighted by molar-refractivity contribution is 7.90. The number of benzene rings is 2. The van der Waals surface area contributed by atoms with E-state index < -0.39 is 34.1 Å². The summed E-state index contributed by atoms with van der Waals surface area (Å²) in [6.45, 7) is -0.659. The molecule has 1 amide bonds. The molecule has 26 heavy (non-hydrogen) atoms. The number of amides is 1. The Bertz CT molecular complexity index is 979. The van der Waals surface area contributed by atoms with Crippen LogP contribution in [0.4, 0.5) is 10.1 Å². The van der Waals surface area contributed by atoms with Gasteiger partial charge in [-0.05, 0) is 36.4 Å². The van der Waals surface area contributed by atoms with E-state index >= 15 is 0 Å². The first-order valence-electron chi connectivity index (χ1n) is 6.99. The van der Waals surface area contributed by atoms with Gasteiger partial charge in [-0.25, -0.2) is 17.6 Å². The van der Waals surface area contributed by atoms with Crippen molar-refractivity contribution in [2.45, 2.75) is 4.90 Å². The largest absolute Gasteiger partial charge is 0.452 e. The second-order valence-electron chi connectivity index (χ2n) is 5.17. The zero-order valence-electron chi connectivity index (χ0n) is 13.3. The maximum atomic E-state index is 13.1. The number of rotatable bonds is 5. The number of halogens is 3. The molecule has 0 aliphatic heterocycles. The van der Waals surface area contributed by atoms with Crippen molar-refractivity contribution in [2.75, 3.05) is 18.2 Å². The van der Waals surface area contributed by atoms with E-state index in [9.17, 15) is 22.4 Å². The molecule has 138 valence electrons. The number of carbonyl (C=O) groups is 2. The number of sulfone groups is 1. The number of anilines is 1. The molecular weight excluding hydrogens is 408 g/mol. The first kappa shape index (κ1) is 20.2. The Balaban J connectivity index is 2.04. The van der Waals surface area contributed by atoms with Gasteiger partial charge in [-0.3, -0.25) is 4.79 Å². The van der Waals surface area contributed by atoms with Crippen molar-refractivity contribution in [3.05, 3.63) is 57.8 Å². The van der Waals surface area contributed by atoms with Gasteiger partial charge >= 0.3 is 5.97 Å². The maximum absolute atomic E-state index is 13.1. The predicted molar refractivity (Wildman–Crippen MR) is 94.9 cm³/mol. The van der Waals surface area contributed by atoms with Gasteiger partial charge in [-0.15, -0.1) is 0 Å². The number of ether oxygens (including phenoxy) is 1. The van der Waals surface area contributed by atoms with Gasteiger partial charge in [0, 0.05) is 11.9 Å². The summed E-state index contributed by atoms with van der Waals surface area (Å²) < 4.78 is 41.0. The van der Waals surface area contributed by atoms with Crippen LogP contribution in [0.3, 0.4) is 0 Å². The van der Waals surface area contributed by atoms with Gasteiger partial charge in [0.2, 0.25) is 0 Å². The van der Waals surface area contributed by atoms with Gasteiger partial charge in [-0.1, -0.05) is 23.2 Å². The summed E-state index contributed by atoms with van der Waals surface area (Å²) in [5.74, 6) is -2.30. The van der Waals surface area contributed by atoms with Crippen LogP contribution in [0, 0.1) is 5.82 Å². The fourth-order valence-electron chi connectivity index (χ4n) is 1.87. The van der Waals surface area contributed by atoms with Crippen molar-refractivity contribution in [1.29, 1.82) is 0 Å². The fourth-order valence-corrected chi connectivity index (χ4v) is 2.89. The van der Waals surface area contributed by atoms with Crippen molar-refractivity contribution in [2.24, 2.45) is 0 Å². The third kappa shape index (κ3) is 5.17. The van der Waals surface area contributed by atoms with Gasteiger partial charge in [0.15, 0.2) is 16.4 Å². The minimum Gasteiger partial charge on any atom is -0.452 e. The lowest BCUT2D eigenvalue weighted by molar-refractivity contribution is -0.119. The molecule has 0 saturated carbocycles. The highest BCUT2D eigenvalue weighted by Gasteiger charge is 2.18. The Kier molecular flexibility index (Phi) is 6.22. The molecule has 10 heteroatoms. The van der Waals surface area contributed by atoms with Crippen LogP contribution in [0.15, 0.2) is 41.3 Å². The van der Waals surface area contributed by atoms with E-state index in [1.165, 1.54) is 24.3 Å². The predicted octanol–water partition coefficient (Wildman–Crippen LogP) is 3.33. The molecule has 0 aromatic heterocycles. The molecule has 0 unspecified atom stereocenters. The van der Waals surface area contributed by atoms with Crippen molar-refractivity contribution in [3.63, 3.8) is 0 Å². The minimum absolute atomic E-state index is 0.0203. The molecule has 2 rings (SSSR count). The Hall–Kier alpha value is -2.16. The van der Waals surface area contributed by atoms with Gasteiger partial charge in [0.05, 0.1) is 20.5 Å². The molecule has 0 atom stereocenters. The van der Waals surface area contributed by atoms with Crippen LogP contribution in [-0.4, -0.2) is 33.2 Å². The number of nitrogens with one attached hydrogen (secondary N) is 1. The lowest BCUT2D eigenvalue weighted by Crippen LogP contribution is -2.21. The molecule has 2 aromatic carbocycles.